The lowest BCUT2D eigenvalue weighted by Crippen LogP contribution is -2.09. The Morgan fingerprint density at radius 3 is 2.27 bits per heavy atom. The van der Waals surface area contributed by atoms with E-state index in [9.17, 15) is 8.42 Å². The maximum atomic E-state index is 12.7. The first-order valence-corrected chi connectivity index (χ1v) is 10.8. The summed E-state index contributed by atoms with van der Waals surface area (Å²) in [6.45, 7) is 0. The van der Waals surface area contributed by atoms with Crippen LogP contribution in [0.2, 0.25) is 0 Å². The van der Waals surface area contributed by atoms with Gasteiger partial charge >= 0.3 is 10.1 Å². The predicted octanol–water partition coefficient (Wildman–Crippen LogP) is 5.70. The number of fused-ring (bicyclic) bond motifs is 3. The van der Waals surface area contributed by atoms with Crippen molar-refractivity contribution in [2.75, 3.05) is 0 Å². The number of thiophene rings is 1. The number of hydrogen-bond acceptors (Lipinski definition) is 4. The van der Waals surface area contributed by atoms with E-state index in [0.717, 1.165) is 15.5 Å². The van der Waals surface area contributed by atoms with Crippen LogP contribution in [0.25, 0.3) is 20.2 Å². The lowest BCUT2D eigenvalue weighted by Gasteiger charge is -2.07. The van der Waals surface area contributed by atoms with Gasteiger partial charge in [0.1, 0.15) is 10.6 Å². The molecule has 5 heteroatoms. The third kappa shape index (κ3) is 2.77. The molecular weight excluding hydrogens is 364 g/mol. The molecule has 1 aliphatic rings. The Balaban J connectivity index is 1.62. The van der Waals surface area contributed by atoms with Crippen LogP contribution >= 0.6 is 11.3 Å². The molecule has 26 heavy (non-hydrogen) atoms. The van der Waals surface area contributed by atoms with Crippen LogP contribution in [0, 0.1) is 0 Å². The van der Waals surface area contributed by atoms with Crippen LogP contribution < -0.4 is 4.18 Å². The van der Waals surface area contributed by atoms with Gasteiger partial charge in [0.25, 0.3) is 0 Å². The van der Waals surface area contributed by atoms with Gasteiger partial charge in [-0.3, -0.25) is 0 Å². The van der Waals surface area contributed by atoms with E-state index in [2.05, 4.69) is 18.2 Å². The van der Waals surface area contributed by atoms with E-state index in [4.69, 9.17) is 4.18 Å². The zero-order valence-corrected chi connectivity index (χ0v) is 15.5. The Hall–Kier alpha value is -2.37. The van der Waals surface area contributed by atoms with E-state index in [-0.39, 0.29) is 4.90 Å². The lowest BCUT2D eigenvalue weighted by atomic mass is 10.1. The van der Waals surface area contributed by atoms with Gasteiger partial charge in [0.2, 0.25) is 0 Å². The average molecular weight is 380 g/mol. The van der Waals surface area contributed by atoms with Crippen molar-refractivity contribution in [1.82, 2.24) is 0 Å². The molecule has 5 rings (SSSR count). The van der Waals surface area contributed by atoms with Gasteiger partial charge in [-0.2, -0.15) is 8.42 Å². The maximum Gasteiger partial charge on any atom is 0.339 e. The van der Waals surface area contributed by atoms with Gasteiger partial charge in [-0.25, -0.2) is 0 Å². The Morgan fingerprint density at radius 2 is 1.54 bits per heavy atom. The first-order valence-electron chi connectivity index (χ1n) is 8.56. The van der Waals surface area contributed by atoms with Crippen molar-refractivity contribution in [3.63, 3.8) is 0 Å². The first-order chi connectivity index (χ1) is 12.6. The van der Waals surface area contributed by atoms with Crippen LogP contribution in [0.3, 0.4) is 0 Å². The van der Waals surface area contributed by atoms with Gasteiger partial charge in [0.15, 0.2) is 0 Å². The fraction of sp³-hybridized carbons (Fsp3) is 0.143. The van der Waals surface area contributed by atoms with Crippen molar-refractivity contribution in [3.05, 3.63) is 72.3 Å². The molecular formula is C21H16O3S2. The zero-order valence-electron chi connectivity index (χ0n) is 13.9. The van der Waals surface area contributed by atoms with E-state index in [1.807, 2.05) is 12.1 Å². The predicted molar refractivity (Wildman–Crippen MR) is 106 cm³/mol. The van der Waals surface area contributed by atoms with Crippen LogP contribution in [-0.4, -0.2) is 8.42 Å². The standard InChI is InChI=1S/C21H16O3S2/c22-26(23,24-16-4-2-1-3-5-16)17-9-11-21-19(13-17)18-12-15(14-6-7-14)8-10-20(18)25-21/h1-5,8-14H,6-7H2. The summed E-state index contributed by atoms with van der Waals surface area (Å²) in [5.41, 5.74) is 1.35. The number of hydrogen-bond donors (Lipinski definition) is 0. The summed E-state index contributed by atoms with van der Waals surface area (Å²) in [6, 6.07) is 20.4. The number of benzene rings is 3. The molecule has 3 aromatic carbocycles. The molecule has 0 unspecified atom stereocenters. The summed E-state index contributed by atoms with van der Waals surface area (Å²) in [4.78, 5) is 0.186. The van der Waals surface area contributed by atoms with Gasteiger partial charge in [-0.15, -0.1) is 11.3 Å². The second-order valence-electron chi connectivity index (χ2n) is 6.64. The van der Waals surface area contributed by atoms with E-state index in [0.29, 0.717) is 11.7 Å². The molecule has 1 fully saturated rings. The van der Waals surface area contributed by atoms with Gasteiger partial charge in [-0.05, 0) is 66.8 Å². The third-order valence-electron chi connectivity index (χ3n) is 4.75. The van der Waals surface area contributed by atoms with Crippen molar-refractivity contribution in [2.24, 2.45) is 0 Å². The van der Waals surface area contributed by atoms with Gasteiger partial charge in [0, 0.05) is 20.2 Å². The Labute approximate surface area is 156 Å². The molecule has 4 aromatic rings. The Bertz CT molecular complexity index is 1220. The molecule has 1 saturated carbocycles. The molecule has 0 saturated heterocycles. The molecule has 0 aliphatic heterocycles. The van der Waals surface area contributed by atoms with Gasteiger partial charge in [0.05, 0.1) is 0 Å². The van der Waals surface area contributed by atoms with Crippen molar-refractivity contribution in [3.8, 4) is 5.75 Å². The smallest absolute Gasteiger partial charge is 0.339 e. The molecule has 0 amide bonds. The van der Waals surface area contributed by atoms with E-state index in [1.54, 1.807) is 47.7 Å². The highest BCUT2D eigenvalue weighted by Gasteiger charge is 2.24. The minimum atomic E-state index is -3.86. The van der Waals surface area contributed by atoms with Crippen LogP contribution in [0.15, 0.2) is 71.6 Å². The average Bonchev–Trinajstić information content (AvgIpc) is 3.42. The van der Waals surface area contributed by atoms with E-state index < -0.39 is 10.1 Å². The SMILES string of the molecule is O=S(=O)(Oc1ccccc1)c1ccc2sc3ccc(C4CC4)cc3c2c1. The minimum Gasteiger partial charge on any atom is -0.379 e. The maximum absolute atomic E-state index is 12.7. The normalized spacial score (nSPS) is 14.8. The zero-order chi connectivity index (χ0) is 17.7. The van der Waals surface area contributed by atoms with Crippen LogP contribution in [-0.2, 0) is 10.1 Å². The summed E-state index contributed by atoms with van der Waals surface area (Å²) >= 11 is 1.69. The summed E-state index contributed by atoms with van der Waals surface area (Å²) < 4.78 is 32.9. The minimum absolute atomic E-state index is 0.186. The van der Waals surface area contributed by atoms with Gasteiger partial charge in [-0.1, -0.05) is 24.3 Å². The number of para-hydroxylation sites is 1. The quantitative estimate of drug-likeness (QED) is 0.427. The van der Waals surface area contributed by atoms with Gasteiger partial charge < -0.3 is 4.18 Å². The molecule has 0 radical (unpaired) electrons. The fourth-order valence-electron chi connectivity index (χ4n) is 3.25. The lowest BCUT2D eigenvalue weighted by molar-refractivity contribution is 0.486. The second kappa shape index (κ2) is 5.83. The highest BCUT2D eigenvalue weighted by atomic mass is 32.2. The highest BCUT2D eigenvalue weighted by Crippen LogP contribution is 2.43. The Kier molecular flexibility index (Phi) is 3.55. The molecule has 3 nitrogen and oxygen atoms in total. The van der Waals surface area contributed by atoms with Crippen LogP contribution in [0.1, 0.15) is 24.3 Å². The van der Waals surface area contributed by atoms with Crippen molar-refractivity contribution in [2.45, 2.75) is 23.7 Å². The van der Waals surface area contributed by atoms with E-state index in [1.165, 1.54) is 23.1 Å². The summed E-state index contributed by atoms with van der Waals surface area (Å²) in [7, 11) is -3.86. The number of rotatable bonds is 4. The molecule has 1 heterocycles. The molecule has 1 aliphatic carbocycles. The summed E-state index contributed by atoms with van der Waals surface area (Å²) in [5, 5.41) is 2.11. The Morgan fingerprint density at radius 1 is 0.846 bits per heavy atom. The van der Waals surface area contributed by atoms with E-state index >= 15 is 0 Å². The second-order valence-corrected chi connectivity index (χ2v) is 9.27. The van der Waals surface area contributed by atoms with Crippen LogP contribution in [0.5, 0.6) is 5.75 Å². The molecule has 1 aromatic heterocycles. The molecule has 0 atom stereocenters. The van der Waals surface area contributed by atoms with Crippen molar-refractivity contribution < 1.29 is 12.6 Å². The van der Waals surface area contributed by atoms with Crippen molar-refractivity contribution in [1.29, 1.82) is 0 Å². The largest absolute Gasteiger partial charge is 0.379 e. The van der Waals surface area contributed by atoms with Crippen molar-refractivity contribution >= 4 is 41.6 Å². The third-order valence-corrected chi connectivity index (χ3v) is 7.15. The monoisotopic (exact) mass is 380 g/mol. The molecule has 0 N–H and O–H groups in total. The molecule has 130 valence electrons. The first kappa shape index (κ1) is 15.9. The highest BCUT2D eigenvalue weighted by molar-refractivity contribution is 7.87. The van der Waals surface area contributed by atoms with Crippen LogP contribution in [0.4, 0.5) is 0 Å². The molecule has 0 spiro atoms. The summed E-state index contributed by atoms with van der Waals surface area (Å²) in [6.07, 6.45) is 2.50. The summed E-state index contributed by atoms with van der Waals surface area (Å²) in [5.74, 6) is 0.987. The molecule has 0 bridgehead atoms. The fourth-order valence-corrected chi connectivity index (χ4v) is 5.28. The topological polar surface area (TPSA) is 43.4 Å².